The molecule has 0 spiro atoms. The van der Waals surface area contributed by atoms with Gasteiger partial charge in [0.1, 0.15) is 0 Å². The zero-order chi connectivity index (χ0) is 11.0. The van der Waals surface area contributed by atoms with Gasteiger partial charge < -0.3 is 10.0 Å². The highest BCUT2D eigenvalue weighted by molar-refractivity contribution is 6.33. The summed E-state index contributed by atoms with van der Waals surface area (Å²) in [4.78, 5) is 13.0. The van der Waals surface area contributed by atoms with E-state index in [0.717, 1.165) is 18.8 Å². The van der Waals surface area contributed by atoms with Crippen LogP contribution in [0.1, 0.15) is 17.3 Å². The maximum Gasteiger partial charge on any atom is 0.337 e. The highest BCUT2D eigenvalue weighted by Crippen LogP contribution is 2.28. The molecule has 80 valence electrons. The standard InChI is InChI=1S/C11H12ClNO2/c1-7-5-13(6-7)8-2-3-10(12)9(4-8)11(14)15/h2-4,7H,5-6H2,1H3,(H,14,15). The quantitative estimate of drug-likeness (QED) is 0.841. The number of carboxylic acid groups (broad SMARTS) is 1. The molecule has 1 aromatic carbocycles. The number of nitrogens with zero attached hydrogens (tertiary/aromatic N) is 1. The van der Waals surface area contributed by atoms with E-state index in [1.54, 1.807) is 12.1 Å². The van der Waals surface area contributed by atoms with E-state index in [4.69, 9.17) is 16.7 Å². The van der Waals surface area contributed by atoms with Gasteiger partial charge in [-0.15, -0.1) is 0 Å². The van der Waals surface area contributed by atoms with Gasteiger partial charge in [-0.1, -0.05) is 18.5 Å². The first-order valence-corrected chi connectivity index (χ1v) is 5.23. The summed E-state index contributed by atoms with van der Waals surface area (Å²) < 4.78 is 0. The van der Waals surface area contributed by atoms with E-state index < -0.39 is 5.97 Å². The Bertz CT molecular complexity index is 400. The third kappa shape index (κ3) is 1.92. The summed E-state index contributed by atoms with van der Waals surface area (Å²) >= 11 is 5.79. The number of aromatic carboxylic acids is 1. The van der Waals surface area contributed by atoms with E-state index >= 15 is 0 Å². The number of carboxylic acids is 1. The molecule has 0 aromatic heterocycles. The predicted octanol–water partition coefficient (Wildman–Crippen LogP) is 2.49. The molecule has 1 heterocycles. The fraction of sp³-hybridized carbons (Fsp3) is 0.364. The van der Waals surface area contributed by atoms with Gasteiger partial charge in [-0.05, 0) is 24.1 Å². The van der Waals surface area contributed by atoms with Crippen molar-refractivity contribution in [1.82, 2.24) is 0 Å². The summed E-state index contributed by atoms with van der Waals surface area (Å²) in [6, 6.07) is 5.14. The normalized spacial score (nSPS) is 16.3. The number of benzene rings is 1. The Morgan fingerprint density at radius 3 is 2.73 bits per heavy atom. The minimum absolute atomic E-state index is 0.175. The van der Waals surface area contributed by atoms with Crippen molar-refractivity contribution in [1.29, 1.82) is 0 Å². The van der Waals surface area contributed by atoms with E-state index in [2.05, 4.69) is 11.8 Å². The summed E-state index contributed by atoms with van der Waals surface area (Å²) in [7, 11) is 0. The molecule has 1 N–H and O–H groups in total. The Hall–Kier alpha value is -1.22. The number of hydrogen-bond acceptors (Lipinski definition) is 2. The van der Waals surface area contributed by atoms with Crippen LogP contribution in [-0.2, 0) is 0 Å². The first kappa shape index (κ1) is 10.3. The first-order chi connectivity index (χ1) is 7.08. The number of halogens is 1. The summed E-state index contributed by atoms with van der Waals surface area (Å²) in [5.74, 6) is -0.288. The molecule has 1 fully saturated rings. The van der Waals surface area contributed by atoms with Gasteiger partial charge in [-0.2, -0.15) is 0 Å². The Kier molecular flexibility index (Phi) is 2.57. The molecule has 1 saturated heterocycles. The van der Waals surface area contributed by atoms with Crippen molar-refractivity contribution in [3.63, 3.8) is 0 Å². The lowest BCUT2D eigenvalue weighted by Gasteiger charge is -2.39. The fourth-order valence-corrected chi connectivity index (χ4v) is 1.98. The van der Waals surface area contributed by atoms with E-state index in [1.807, 2.05) is 6.07 Å². The van der Waals surface area contributed by atoms with Gasteiger partial charge in [0.25, 0.3) is 0 Å². The number of carbonyl (C=O) groups is 1. The van der Waals surface area contributed by atoms with Crippen molar-refractivity contribution in [2.45, 2.75) is 6.92 Å². The average Bonchev–Trinajstić information content (AvgIpc) is 2.14. The van der Waals surface area contributed by atoms with Crippen molar-refractivity contribution in [2.75, 3.05) is 18.0 Å². The second-order valence-electron chi connectivity index (χ2n) is 3.98. The summed E-state index contributed by atoms with van der Waals surface area (Å²) in [6.07, 6.45) is 0. The van der Waals surface area contributed by atoms with E-state index in [0.29, 0.717) is 10.9 Å². The Labute approximate surface area is 93.3 Å². The minimum atomic E-state index is -0.976. The largest absolute Gasteiger partial charge is 0.478 e. The van der Waals surface area contributed by atoms with Crippen LogP contribution in [0, 0.1) is 5.92 Å². The molecule has 0 unspecified atom stereocenters. The van der Waals surface area contributed by atoms with E-state index in [9.17, 15) is 4.79 Å². The Morgan fingerprint density at radius 2 is 2.20 bits per heavy atom. The smallest absolute Gasteiger partial charge is 0.337 e. The number of hydrogen-bond donors (Lipinski definition) is 1. The summed E-state index contributed by atoms with van der Waals surface area (Å²) in [5.41, 5.74) is 1.11. The van der Waals surface area contributed by atoms with Crippen molar-refractivity contribution in [3.05, 3.63) is 28.8 Å². The van der Waals surface area contributed by atoms with Crippen LogP contribution in [0.4, 0.5) is 5.69 Å². The highest BCUT2D eigenvalue weighted by atomic mass is 35.5. The van der Waals surface area contributed by atoms with Crippen LogP contribution < -0.4 is 4.90 Å². The second-order valence-corrected chi connectivity index (χ2v) is 4.39. The first-order valence-electron chi connectivity index (χ1n) is 4.85. The number of rotatable bonds is 2. The van der Waals surface area contributed by atoms with Gasteiger partial charge in [-0.3, -0.25) is 0 Å². The van der Waals surface area contributed by atoms with Crippen molar-refractivity contribution >= 4 is 23.3 Å². The van der Waals surface area contributed by atoms with E-state index in [-0.39, 0.29) is 5.56 Å². The van der Waals surface area contributed by atoms with Crippen LogP contribution in [-0.4, -0.2) is 24.2 Å². The van der Waals surface area contributed by atoms with Crippen molar-refractivity contribution < 1.29 is 9.90 Å². The zero-order valence-electron chi connectivity index (χ0n) is 8.40. The molecule has 1 aliphatic heterocycles. The highest BCUT2D eigenvalue weighted by Gasteiger charge is 2.23. The zero-order valence-corrected chi connectivity index (χ0v) is 9.16. The average molecular weight is 226 g/mol. The molecular formula is C11H12ClNO2. The molecule has 1 aliphatic rings. The summed E-state index contributed by atoms with van der Waals surface area (Å²) in [6.45, 7) is 4.14. The SMILES string of the molecule is CC1CN(c2ccc(Cl)c(C(=O)O)c2)C1. The third-order valence-electron chi connectivity index (χ3n) is 2.61. The molecule has 0 radical (unpaired) electrons. The van der Waals surface area contributed by atoms with Gasteiger partial charge in [0, 0.05) is 18.8 Å². The van der Waals surface area contributed by atoms with Crippen LogP contribution >= 0.6 is 11.6 Å². The van der Waals surface area contributed by atoms with Crippen LogP contribution in [0.5, 0.6) is 0 Å². The van der Waals surface area contributed by atoms with Crippen LogP contribution in [0.15, 0.2) is 18.2 Å². The Balaban J connectivity index is 2.27. The molecule has 0 amide bonds. The molecule has 3 nitrogen and oxygen atoms in total. The van der Waals surface area contributed by atoms with Gasteiger partial charge in [0.2, 0.25) is 0 Å². The maximum absolute atomic E-state index is 10.9. The monoisotopic (exact) mass is 225 g/mol. The fourth-order valence-electron chi connectivity index (χ4n) is 1.78. The molecule has 4 heteroatoms. The minimum Gasteiger partial charge on any atom is -0.478 e. The van der Waals surface area contributed by atoms with Gasteiger partial charge in [0.05, 0.1) is 10.6 Å². The molecular weight excluding hydrogens is 214 g/mol. The lowest BCUT2D eigenvalue weighted by Crippen LogP contribution is -2.45. The molecule has 0 bridgehead atoms. The number of anilines is 1. The molecule has 0 saturated carbocycles. The van der Waals surface area contributed by atoms with Crippen LogP contribution in [0.25, 0.3) is 0 Å². The maximum atomic E-state index is 10.9. The Morgan fingerprint density at radius 1 is 1.53 bits per heavy atom. The molecule has 2 rings (SSSR count). The third-order valence-corrected chi connectivity index (χ3v) is 2.94. The topological polar surface area (TPSA) is 40.5 Å². The lowest BCUT2D eigenvalue weighted by atomic mass is 10.0. The van der Waals surface area contributed by atoms with E-state index in [1.165, 1.54) is 0 Å². The lowest BCUT2D eigenvalue weighted by molar-refractivity contribution is 0.0697. The summed E-state index contributed by atoms with van der Waals surface area (Å²) in [5, 5.41) is 9.20. The molecule has 0 atom stereocenters. The van der Waals surface area contributed by atoms with Crippen LogP contribution in [0.2, 0.25) is 5.02 Å². The molecule has 1 aromatic rings. The van der Waals surface area contributed by atoms with Crippen LogP contribution in [0.3, 0.4) is 0 Å². The molecule has 0 aliphatic carbocycles. The van der Waals surface area contributed by atoms with Gasteiger partial charge in [-0.25, -0.2) is 4.79 Å². The second kappa shape index (κ2) is 3.74. The predicted molar refractivity (Wildman–Crippen MR) is 59.8 cm³/mol. The van der Waals surface area contributed by atoms with Crippen molar-refractivity contribution in [3.8, 4) is 0 Å². The van der Waals surface area contributed by atoms with Gasteiger partial charge >= 0.3 is 5.97 Å². The molecule has 15 heavy (non-hydrogen) atoms. The van der Waals surface area contributed by atoms with Crippen molar-refractivity contribution in [2.24, 2.45) is 5.92 Å². The van der Waals surface area contributed by atoms with Gasteiger partial charge in [0.15, 0.2) is 0 Å².